The van der Waals surface area contributed by atoms with E-state index < -0.39 is 11.1 Å². The number of amides is 1. The first kappa shape index (κ1) is 17.0. The van der Waals surface area contributed by atoms with Crippen LogP contribution in [0.4, 0.5) is 0 Å². The van der Waals surface area contributed by atoms with E-state index in [0.717, 1.165) is 12.8 Å². The van der Waals surface area contributed by atoms with Crippen molar-refractivity contribution in [3.8, 4) is 0 Å². The average molecular weight is 317 g/mol. The minimum Gasteiger partial charge on any atom is -0.352 e. The van der Waals surface area contributed by atoms with Gasteiger partial charge in [0.2, 0.25) is 0 Å². The molecule has 0 bridgehead atoms. The molecule has 1 amide bonds. The normalized spacial score (nSPS) is 11.1. The Hall–Kier alpha value is -2.37. The highest BCUT2D eigenvalue weighted by Crippen LogP contribution is 2.12. The molecule has 0 fully saturated rings. The number of aryl methyl sites for hydroxylation is 1. The maximum atomic E-state index is 12.2. The number of benzene rings is 1. The summed E-state index contributed by atoms with van der Waals surface area (Å²) in [5, 5.41) is 2.87. The number of nitrogens with zero attached hydrogens (tertiary/aromatic N) is 1. The van der Waals surface area contributed by atoms with Crippen molar-refractivity contribution in [1.29, 1.82) is 0 Å². The Morgan fingerprint density at radius 1 is 1.30 bits per heavy atom. The minimum atomic E-state index is -0.672. The molecule has 23 heavy (non-hydrogen) atoms. The zero-order valence-electron chi connectivity index (χ0n) is 13.8. The second kappa shape index (κ2) is 7.26. The summed E-state index contributed by atoms with van der Waals surface area (Å²) >= 11 is 0. The van der Waals surface area contributed by atoms with Crippen LogP contribution in [0.2, 0.25) is 0 Å². The molecule has 6 heteroatoms. The standard InChI is InChI=1S/C17H23N3O3/c1-4-20-14-8-7-12(10-13(14)19-16(22)17(20)23)15(21)18-9-5-6-11(2)3/h7-8,10-11H,4-6,9H2,1-3H3,(H,18,21)(H,19,22). The number of hydrogen-bond acceptors (Lipinski definition) is 3. The van der Waals surface area contributed by atoms with Crippen LogP contribution < -0.4 is 16.4 Å². The Morgan fingerprint density at radius 3 is 2.70 bits per heavy atom. The second-order valence-corrected chi connectivity index (χ2v) is 6.03. The molecule has 0 atom stereocenters. The molecular formula is C17H23N3O3. The maximum Gasteiger partial charge on any atom is 0.316 e. The number of aromatic amines is 1. The summed E-state index contributed by atoms with van der Waals surface area (Å²) in [6, 6.07) is 4.98. The summed E-state index contributed by atoms with van der Waals surface area (Å²) in [5.41, 5.74) is 0.332. The summed E-state index contributed by atoms with van der Waals surface area (Å²) in [7, 11) is 0. The molecule has 2 rings (SSSR count). The van der Waals surface area contributed by atoms with Crippen LogP contribution in [0.3, 0.4) is 0 Å². The Kier molecular flexibility index (Phi) is 5.36. The van der Waals surface area contributed by atoms with Crippen LogP contribution in [0, 0.1) is 5.92 Å². The summed E-state index contributed by atoms with van der Waals surface area (Å²) in [6.07, 6.45) is 2.00. The van der Waals surface area contributed by atoms with Gasteiger partial charge in [-0.3, -0.25) is 14.4 Å². The van der Waals surface area contributed by atoms with Crippen LogP contribution in [-0.4, -0.2) is 22.0 Å². The molecule has 0 spiro atoms. The van der Waals surface area contributed by atoms with Crippen LogP contribution in [0.1, 0.15) is 44.0 Å². The van der Waals surface area contributed by atoms with Crippen molar-refractivity contribution < 1.29 is 4.79 Å². The highest BCUT2D eigenvalue weighted by Gasteiger charge is 2.10. The third-order valence-electron chi connectivity index (χ3n) is 3.80. The number of fused-ring (bicyclic) bond motifs is 1. The fraction of sp³-hybridized carbons (Fsp3) is 0.471. The molecule has 0 saturated heterocycles. The molecule has 0 saturated carbocycles. The number of nitrogens with one attached hydrogen (secondary N) is 2. The topological polar surface area (TPSA) is 84.0 Å². The van der Waals surface area contributed by atoms with E-state index in [9.17, 15) is 14.4 Å². The number of hydrogen-bond donors (Lipinski definition) is 2. The number of carbonyl (C=O) groups excluding carboxylic acids is 1. The van der Waals surface area contributed by atoms with Gasteiger partial charge in [0.05, 0.1) is 11.0 Å². The van der Waals surface area contributed by atoms with Crippen molar-refractivity contribution in [2.75, 3.05) is 6.54 Å². The SMILES string of the molecule is CCn1c(=O)c(=O)[nH]c2cc(C(=O)NCCCC(C)C)ccc21. The number of rotatable bonds is 6. The van der Waals surface area contributed by atoms with E-state index in [0.29, 0.717) is 35.6 Å². The largest absolute Gasteiger partial charge is 0.352 e. The van der Waals surface area contributed by atoms with E-state index in [-0.39, 0.29) is 5.91 Å². The van der Waals surface area contributed by atoms with Crippen LogP contribution in [0.5, 0.6) is 0 Å². The Bertz CT molecular complexity index is 818. The summed E-state index contributed by atoms with van der Waals surface area (Å²) in [5.74, 6) is 0.439. The van der Waals surface area contributed by atoms with Crippen molar-refractivity contribution in [2.45, 2.75) is 40.2 Å². The van der Waals surface area contributed by atoms with Gasteiger partial charge in [0, 0.05) is 18.7 Å². The fourth-order valence-corrected chi connectivity index (χ4v) is 2.55. The Balaban J connectivity index is 2.23. The average Bonchev–Trinajstić information content (AvgIpc) is 2.52. The molecule has 1 heterocycles. The van der Waals surface area contributed by atoms with Crippen molar-refractivity contribution >= 4 is 16.9 Å². The monoisotopic (exact) mass is 317 g/mol. The molecule has 0 radical (unpaired) electrons. The van der Waals surface area contributed by atoms with Gasteiger partial charge in [0.15, 0.2) is 0 Å². The highest BCUT2D eigenvalue weighted by atomic mass is 16.2. The third kappa shape index (κ3) is 3.88. The predicted molar refractivity (Wildman–Crippen MR) is 90.9 cm³/mol. The number of aromatic nitrogens is 2. The molecule has 0 aliphatic rings. The van der Waals surface area contributed by atoms with Crippen molar-refractivity contribution in [3.63, 3.8) is 0 Å². The number of carbonyl (C=O) groups is 1. The molecule has 124 valence electrons. The number of H-pyrrole nitrogens is 1. The smallest absolute Gasteiger partial charge is 0.316 e. The van der Waals surface area contributed by atoms with Gasteiger partial charge in [-0.2, -0.15) is 0 Å². The van der Waals surface area contributed by atoms with Gasteiger partial charge in [-0.1, -0.05) is 13.8 Å². The lowest BCUT2D eigenvalue weighted by Crippen LogP contribution is -2.36. The van der Waals surface area contributed by atoms with Gasteiger partial charge in [-0.05, 0) is 43.9 Å². The molecule has 1 aromatic carbocycles. The quantitative estimate of drug-likeness (QED) is 0.630. The van der Waals surface area contributed by atoms with Crippen molar-refractivity contribution in [1.82, 2.24) is 14.9 Å². The first-order chi connectivity index (χ1) is 10.9. The molecule has 2 N–H and O–H groups in total. The first-order valence-electron chi connectivity index (χ1n) is 7.99. The molecule has 0 unspecified atom stereocenters. The summed E-state index contributed by atoms with van der Waals surface area (Å²) in [4.78, 5) is 38.2. The van der Waals surface area contributed by atoms with E-state index >= 15 is 0 Å². The predicted octanol–water partition coefficient (Wildman–Crippen LogP) is 1.88. The van der Waals surface area contributed by atoms with Gasteiger partial charge in [0.1, 0.15) is 0 Å². The van der Waals surface area contributed by atoms with Crippen LogP contribution in [0.25, 0.3) is 11.0 Å². The second-order valence-electron chi connectivity index (χ2n) is 6.03. The molecule has 6 nitrogen and oxygen atoms in total. The lowest BCUT2D eigenvalue weighted by molar-refractivity contribution is 0.0952. The van der Waals surface area contributed by atoms with Crippen LogP contribution in [0.15, 0.2) is 27.8 Å². The molecule has 0 aliphatic carbocycles. The van der Waals surface area contributed by atoms with E-state index in [1.54, 1.807) is 25.1 Å². The van der Waals surface area contributed by atoms with E-state index in [1.807, 2.05) is 0 Å². The van der Waals surface area contributed by atoms with E-state index in [2.05, 4.69) is 24.1 Å². The third-order valence-corrected chi connectivity index (χ3v) is 3.80. The highest BCUT2D eigenvalue weighted by molar-refractivity contribution is 5.97. The van der Waals surface area contributed by atoms with E-state index in [1.165, 1.54) is 4.57 Å². The van der Waals surface area contributed by atoms with Crippen molar-refractivity contribution in [3.05, 3.63) is 44.5 Å². The van der Waals surface area contributed by atoms with Crippen LogP contribution in [-0.2, 0) is 6.54 Å². The zero-order chi connectivity index (χ0) is 17.0. The Labute approximate surface area is 134 Å². The molecule has 0 aliphatic heterocycles. The molecule has 2 aromatic rings. The summed E-state index contributed by atoms with van der Waals surface area (Å²) < 4.78 is 1.40. The maximum absolute atomic E-state index is 12.2. The van der Waals surface area contributed by atoms with Gasteiger partial charge in [-0.25, -0.2) is 0 Å². The van der Waals surface area contributed by atoms with E-state index in [4.69, 9.17) is 0 Å². The molecular weight excluding hydrogens is 294 g/mol. The van der Waals surface area contributed by atoms with Gasteiger partial charge in [-0.15, -0.1) is 0 Å². The lowest BCUT2D eigenvalue weighted by atomic mass is 10.1. The summed E-state index contributed by atoms with van der Waals surface area (Å²) in [6.45, 7) is 7.12. The minimum absolute atomic E-state index is 0.175. The van der Waals surface area contributed by atoms with Crippen molar-refractivity contribution in [2.24, 2.45) is 5.92 Å². The van der Waals surface area contributed by atoms with Crippen LogP contribution >= 0.6 is 0 Å². The first-order valence-corrected chi connectivity index (χ1v) is 7.99. The van der Waals surface area contributed by atoms with Gasteiger partial charge in [0.25, 0.3) is 5.91 Å². The lowest BCUT2D eigenvalue weighted by Gasteiger charge is -2.10. The Morgan fingerprint density at radius 2 is 2.04 bits per heavy atom. The molecule has 1 aromatic heterocycles. The van der Waals surface area contributed by atoms with Gasteiger partial charge >= 0.3 is 11.1 Å². The van der Waals surface area contributed by atoms with Gasteiger partial charge < -0.3 is 14.9 Å². The fourth-order valence-electron chi connectivity index (χ4n) is 2.55. The zero-order valence-corrected chi connectivity index (χ0v) is 13.8.